The summed E-state index contributed by atoms with van der Waals surface area (Å²) >= 11 is 0. The second-order valence-corrected chi connectivity index (χ2v) is 12.0. The highest BCUT2D eigenvalue weighted by Gasteiger charge is 2.27. The van der Waals surface area contributed by atoms with Gasteiger partial charge in [0.25, 0.3) is 0 Å². The van der Waals surface area contributed by atoms with E-state index in [4.69, 9.17) is 0 Å². The molecule has 8 nitrogen and oxygen atoms in total. The highest BCUT2D eigenvalue weighted by Crippen LogP contribution is 2.36. The van der Waals surface area contributed by atoms with Crippen molar-refractivity contribution >= 4 is 32.5 Å². The molecule has 2 aromatic carbocycles. The molecule has 0 atom stereocenters. The minimum absolute atomic E-state index is 0.160. The fraction of sp³-hybridized carbons (Fsp3) is 0.310. The zero-order chi connectivity index (χ0) is 26.9. The van der Waals surface area contributed by atoms with Gasteiger partial charge in [-0.2, -0.15) is 4.31 Å². The van der Waals surface area contributed by atoms with E-state index in [9.17, 15) is 13.2 Å². The first-order valence-electron chi connectivity index (χ1n) is 12.8. The summed E-state index contributed by atoms with van der Waals surface area (Å²) in [5, 5.41) is 1.07. The second kappa shape index (κ2) is 10.6. The molecule has 198 valence electrons. The number of benzene rings is 2. The molecule has 4 aromatic rings. The van der Waals surface area contributed by atoms with Crippen LogP contribution in [0.2, 0.25) is 0 Å². The molecule has 5 rings (SSSR count). The van der Waals surface area contributed by atoms with Crippen molar-refractivity contribution in [1.82, 2.24) is 19.2 Å². The summed E-state index contributed by atoms with van der Waals surface area (Å²) in [4.78, 5) is 24.6. The maximum Gasteiger partial charge on any atom is 0.243 e. The number of hydrogen-bond acceptors (Lipinski definition) is 5. The summed E-state index contributed by atoms with van der Waals surface area (Å²) in [6, 6.07) is 19.1. The van der Waals surface area contributed by atoms with Crippen LogP contribution < -0.4 is 4.90 Å². The summed E-state index contributed by atoms with van der Waals surface area (Å²) in [5.74, 6) is -0.304. The van der Waals surface area contributed by atoms with Crippen molar-refractivity contribution in [2.24, 2.45) is 0 Å². The molecular weight excluding hydrogens is 498 g/mol. The molecule has 1 saturated heterocycles. The van der Waals surface area contributed by atoms with Crippen molar-refractivity contribution in [2.75, 3.05) is 38.6 Å². The van der Waals surface area contributed by atoms with Gasteiger partial charge in [-0.05, 0) is 67.8 Å². The molecule has 0 spiro atoms. The maximum atomic E-state index is 13.6. The molecule has 9 heteroatoms. The Labute approximate surface area is 224 Å². The Morgan fingerprint density at radius 3 is 2.55 bits per heavy atom. The SMILES string of the molecule is Cc1ccc2cc(-c3cc(S(=O)(=O)N(C)CC(=O)N(C)Cc4ccccn4)ccc3N3CCCC3)[nH]c2c1. The monoisotopic (exact) mass is 531 g/mol. The zero-order valence-electron chi connectivity index (χ0n) is 22.0. The molecule has 0 radical (unpaired) electrons. The number of H-pyrrole nitrogens is 1. The van der Waals surface area contributed by atoms with Crippen LogP contribution in [0.4, 0.5) is 5.69 Å². The molecule has 0 aliphatic carbocycles. The van der Waals surface area contributed by atoms with Gasteiger partial charge in [0.05, 0.1) is 23.7 Å². The molecule has 1 N–H and O–H groups in total. The van der Waals surface area contributed by atoms with E-state index in [0.717, 1.165) is 69.3 Å². The maximum absolute atomic E-state index is 13.6. The molecule has 1 aliphatic rings. The van der Waals surface area contributed by atoms with E-state index in [1.807, 2.05) is 31.2 Å². The summed E-state index contributed by atoms with van der Waals surface area (Å²) in [7, 11) is -0.813. The highest BCUT2D eigenvalue weighted by molar-refractivity contribution is 7.89. The topological polar surface area (TPSA) is 89.6 Å². The second-order valence-electron chi connectivity index (χ2n) is 9.98. The number of sulfonamides is 1. The number of anilines is 1. The van der Waals surface area contributed by atoms with Gasteiger partial charge in [-0.1, -0.05) is 18.2 Å². The van der Waals surface area contributed by atoms with Crippen LogP contribution in [0.15, 0.2) is 71.8 Å². The van der Waals surface area contributed by atoms with Crippen molar-refractivity contribution in [1.29, 1.82) is 0 Å². The molecule has 38 heavy (non-hydrogen) atoms. The number of rotatable bonds is 8. The number of aryl methyl sites for hydroxylation is 1. The van der Waals surface area contributed by atoms with Crippen LogP contribution in [-0.4, -0.2) is 67.2 Å². The first-order chi connectivity index (χ1) is 18.2. The third-order valence-corrected chi connectivity index (χ3v) is 8.90. The fourth-order valence-corrected chi connectivity index (χ4v) is 6.06. The first-order valence-corrected chi connectivity index (χ1v) is 14.3. The smallest absolute Gasteiger partial charge is 0.243 e. The summed E-state index contributed by atoms with van der Waals surface area (Å²) < 4.78 is 28.3. The number of aromatic amines is 1. The van der Waals surface area contributed by atoms with Gasteiger partial charge in [0.1, 0.15) is 0 Å². The van der Waals surface area contributed by atoms with E-state index in [2.05, 4.69) is 39.1 Å². The van der Waals surface area contributed by atoms with Crippen LogP contribution in [0.25, 0.3) is 22.2 Å². The average molecular weight is 532 g/mol. The van der Waals surface area contributed by atoms with E-state index >= 15 is 0 Å². The lowest BCUT2D eigenvalue weighted by Gasteiger charge is -2.24. The van der Waals surface area contributed by atoms with Gasteiger partial charge in [-0.3, -0.25) is 9.78 Å². The Hall–Kier alpha value is -3.69. The van der Waals surface area contributed by atoms with Gasteiger partial charge < -0.3 is 14.8 Å². The Kier molecular flexibility index (Phi) is 7.23. The van der Waals surface area contributed by atoms with Crippen molar-refractivity contribution in [2.45, 2.75) is 31.2 Å². The molecule has 3 heterocycles. The van der Waals surface area contributed by atoms with Gasteiger partial charge in [0.2, 0.25) is 15.9 Å². The predicted octanol–water partition coefficient (Wildman–Crippen LogP) is 4.42. The lowest BCUT2D eigenvalue weighted by molar-refractivity contribution is -0.130. The van der Waals surface area contributed by atoms with E-state index in [1.54, 1.807) is 25.4 Å². The van der Waals surface area contributed by atoms with Crippen LogP contribution in [0.1, 0.15) is 24.1 Å². The lowest BCUT2D eigenvalue weighted by Crippen LogP contribution is -2.39. The van der Waals surface area contributed by atoms with Gasteiger partial charge in [0, 0.05) is 61.2 Å². The zero-order valence-corrected chi connectivity index (χ0v) is 22.8. The van der Waals surface area contributed by atoms with Crippen molar-refractivity contribution in [3.8, 4) is 11.3 Å². The van der Waals surface area contributed by atoms with Crippen LogP contribution in [0.3, 0.4) is 0 Å². The minimum atomic E-state index is -3.91. The number of nitrogens with zero attached hydrogens (tertiary/aromatic N) is 4. The van der Waals surface area contributed by atoms with Gasteiger partial charge >= 0.3 is 0 Å². The van der Waals surface area contributed by atoms with Gasteiger partial charge in [-0.25, -0.2) is 8.42 Å². The lowest BCUT2D eigenvalue weighted by atomic mass is 10.1. The van der Waals surface area contributed by atoms with Crippen molar-refractivity contribution < 1.29 is 13.2 Å². The molecule has 2 aromatic heterocycles. The third-order valence-electron chi connectivity index (χ3n) is 7.10. The van der Waals surface area contributed by atoms with E-state index in [1.165, 1.54) is 11.9 Å². The van der Waals surface area contributed by atoms with Crippen LogP contribution in [0, 0.1) is 6.92 Å². The molecule has 1 aliphatic heterocycles. The highest BCUT2D eigenvalue weighted by atomic mass is 32.2. The number of carbonyl (C=O) groups is 1. The number of likely N-dealkylation sites (N-methyl/N-ethyl adjacent to an activating group) is 2. The van der Waals surface area contributed by atoms with Crippen molar-refractivity contribution in [3.05, 3.63) is 78.1 Å². The summed E-state index contributed by atoms with van der Waals surface area (Å²) in [6.45, 7) is 3.97. The van der Waals surface area contributed by atoms with E-state index in [-0.39, 0.29) is 17.3 Å². The quantitative estimate of drug-likeness (QED) is 0.364. The number of fused-ring (bicyclic) bond motifs is 1. The van der Waals surface area contributed by atoms with E-state index < -0.39 is 10.0 Å². The average Bonchev–Trinajstić information content (AvgIpc) is 3.59. The van der Waals surface area contributed by atoms with Crippen LogP contribution in [-0.2, 0) is 21.4 Å². The predicted molar refractivity (Wildman–Crippen MR) is 150 cm³/mol. The largest absolute Gasteiger partial charge is 0.371 e. The van der Waals surface area contributed by atoms with Crippen LogP contribution >= 0.6 is 0 Å². The molecule has 0 bridgehead atoms. The Bertz CT molecular complexity index is 1560. The third kappa shape index (κ3) is 5.30. The van der Waals surface area contributed by atoms with E-state index in [0.29, 0.717) is 6.54 Å². The number of nitrogens with one attached hydrogen (secondary N) is 1. The Balaban J connectivity index is 1.44. The number of amides is 1. The number of hydrogen-bond donors (Lipinski definition) is 1. The van der Waals surface area contributed by atoms with Crippen LogP contribution in [0.5, 0.6) is 0 Å². The Morgan fingerprint density at radius 2 is 1.82 bits per heavy atom. The first kappa shape index (κ1) is 25.9. The minimum Gasteiger partial charge on any atom is -0.371 e. The van der Waals surface area contributed by atoms with Gasteiger partial charge in [-0.15, -0.1) is 0 Å². The van der Waals surface area contributed by atoms with Gasteiger partial charge in [0.15, 0.2) is 0 Å². The number of aromatic nitrogens is 2. The van der Waals surface area contributed by atoms with Crippen molar-refractivity contribution in [3.63, 3.8) is 0 Å². The standard InChI is InChI=1S/C29H33N5O3S/c1-21-9-10-22-17-27(31-26(22)16-21)25-18-24(11-12-28(25)34-14-6-7-15-34)38(36,37)33(3)20-29(35)32(2)19-23-8-4-5-13-30-23/h4-5,8-13,16-18,31H,6-7,14-15,19-20H2,1-3H3. The molecule has 1 fully saturated rings. The molecular formula is C29H33N5O3S. The fourth-order valence-electron chi connectivity index (χ4n) is 4.91. The summed E-state index contributed by atoms with van der Waals surface area (Å²) in [5.41, 5.74) is 5.64. The normalized spacial score (nSPS) is 13.9. The molecule has 0 saturated carbocycles. The molecule has 0 unspecified atom stereocenters. The number of pyridine rings is 1. The molecule has 1 amide bonds. The number of carbonyl (C=O) groups excluding carboxylic acids is 1. The summed E-state index contributed by atoms with van der Waals surface area (Å²) in [6.07, 6.45) is 3.90. The Morgan fingerprint density at radius 1 is 1.03 bits per heavy atom.